The van der Waals surface area contributed by atoms with E-state index >= 15 is 0 Å². The van der Waals surface area contributed by atoms with Crippen LogP contribution in [-0.2, 0) is 21.7 Å². The monoisotopic (exact) mass is 425 g/mol. The molecule has 0 bridgehead atoms. The molecule has 1 spiro atoms. The summed E-state index contributed by atoms with van der Waals surface area (Å²) in [4.78, 5) is 23.9. The number of aliphatic imine (C=N–C) groups is 1. The predicted octanol–water partition coefficient (Wildman–Crippen LogP) is 4.62. The number of amidine groups is 1. The second kappa shape index (κ2) is 7.27. The Morgan fingerprint density at radius 3 is 2.76 bits per heavy atom. The van der Waals surface area contributed by atoms with Crippen molar-refractivity contribution in [3.8, 4) is 0 Å². The van der Waals surface area contributed by atoms with Crippen molar-refractivity contribution in [2.45, 2.75) is 32.0 Å². The number of ether oxygens (including phenoxy) is 1. The number of allylic oxidation sites excluding steroid dienone is 1. The Bertz CT molecular complexity index is 1040. The number of hydrogen-bond donors (Lipinski definition) is 0. The zero-order chi connectivity index (χ0) is 20.0. The highest BCUT2D eigenvalue weighted by Crippen LogP contribution is 2.45. The van der Waals surface area contributed by atoms with Gasteiger partial charge in [-0.1, -0.05) is 41.9 Å². The Kier molecular flexibility index (Phi) is 4.73. The molecule has 0 N–H and O–H groups in total. The van der Waals surface area contributed by atoms with Crippen LogP contribution in [0.4, 0.5) is 0 Å². The third-order valence-corrected chi connectivity index (χ3v) is 7.38. The van der Waals surface area contributed by atoms with Crippen LogP contribution in [0.15, 0.2) is 52.5 Å². The number of amides is 1. The summed E-state index contributed by atoms with van der Waals surface area (Å²) in [6.07, 6.45) is 3.49. The molecule has 3 aliphatic rings. The molecule has 1 amide bonds. The molecule has 1 aromatic heterocycles. The van der Waals surface area contributed by atoms with Gasteiger partial charge in [-0.25, -0.2) is 4.98 Å². The lowest BCUT2D eigenvalue weighted by Gasteiger charge is -2.39. The SMILES string of the molecule is C/C(=C1/SC(N2CCC3(CC2)OCc2ccccc23)=NC1=O)c1ccc(Cl)nc1. The van der Waals surface area contributed by atoms with E-state index in [9.17, 15) is 4.79 Å². The van der Waals surface area contributed by atoms with Crippen molar-refractivity contribution >= 4 is 40.0 Å². The maximum Gasteiger partial charge on any atom is 0.286 e. The van der Waals surface area contributed by atoms with Crippen molar-refractivity contribution < 1.29 is 9.53 Å². The number of halogens is 1. The topological polar surface area (TPSA) is 54.8 Å². The zero-order valence-electron chi connectivity index (χ0n) is 16.0. The lowest BCUT2D eigenvalue weighted by molar-refractivity contribution is -0.113. The Morgan fingerprint density at radius 2 is 2.00 bits per heavy atom. The van der Waals surface area contributed by atoms with Crippen LogP contribution in [0.2, 0.25) is 5.15 Å². The van der Waals surface area contributed by atoms with Gasteiger partial charge in [-0.3, -0.25) is 4.79 Å². The Balaban J connectivity index is 1.31. The number of fused-ring (bicyclic) bond motifs is 2. The highest BCUT2D eigenvalue weighted by Gasteiger charge is 2.43. The number of carbonyl (C=O) groups excluding carboxylic acids is 1. The average Bonchev–Trinajstić information content (AvgIpc) is 3.30. The van der Waals surface area contributed by atoms with Crippen LogP contribution in [0, 0.1) is 0 Å². The average molecular weight is 426 g/mol. The van der Waals surface area contributed by atoms with Crippen molar-refractivity contribution in [2.75, 3.05) is 13.1 Å². The van der Waals surface area contributed by atoms with E-state index in [1.807, 2.05) is 13.0 Å². The summed E-state index contributed by atoms with van der Waals surface area (Å²) in [5.74, 6) is -0.180. The standard InChI is InChI=1S/C22H20ClN3O2S/c1-14(15-6-7-18(23)24-12-15)19-20(27)25-21(29-19)26-10-8-22(9-11-26)17-5-3-2-4-16(17)13-28-22/h2-7,12H,8-11,13H2,1H3/b19-14-. The second-order valence-corrected chi connectivity index (χ2v) is 8.92. The lowest BCUT2D eigenvalue weighted by atomic mass is 9.84. The first-order chi connectivity index (χ1) is 14.1. The number of hydrogen-bond acceptors (Lipinski definition) is 5. The van der Waals surface area contributed by atoms with Crippen LogP contribution in [-0.4, -0.2) is 34.0 Å². The van der Waals surface area contributed by atoms with Crippen molar-refractivity contribution in [1.82, 2.24) is 9.88 Å². The molecule has 7 heteroatoms. The van der Waals surface area contributed by atoms with Gasteiger partial charge in [-0.15, -0.1) is 0 Å². The van der Waals surface area contributed by atoms with E-state index in [-0.39, 0.29) is 11.5 Å². The molecule has 0 radical (unpaired) electrons. The largest absolute Gasteiger partial charge is 0.365 e. The van der Waals surface area contributed by atoms with Crippen LogP contribution < -0.4 is 0 Å². The molecule has 0 saturated carbocycles. The number of pyridine rings is 1. The summed E-state index contributed by atoms with van der Waals surface area (Å²) in [7, 11) is 0. The number of nitrogens with zero attached hydrogens (tertiary/aromatic N) is 3. The van der Waals surface area contributed by atoms with E-state index in [4.69, 9.17) is 16.3 Å². The van der Waals surface area contributed by atoms with E-state index in [2.05, 4.69) is 39.1 Å². The van der Waals surface area contributed by atoms with Crippen LogP contribution >= 0.6 is 23.4 Å². The van der Waals surface area contributed by atoms with E-state index < -0.39 is 0 Å². The smallest absolute Gasteiger partial charge is 0.286 e. The third kappa shape index (κ3) is 3.29. The Hall–Kier alpha value is -2.15. The predicted molar refractivity (Wildman–Crippen MR) is 116 cm³/mol. The molecule has 29 heavy (non-hydrogen) atoms. The second-order valence-electron chi connectivity index (χ2n) is 7.55. The van der Waals surface area contributed by atoms with Gasteiger partial charge in [0.2, 0.25) is 0 Å². The van der Waals surface area contributed by atoms with E-state index in [0.717, 1.165) is 42.2 Å². The van der Waals surface area contributed by atoms with Crippen molar-refractivity contribution in [3.05, 3.63) is 69.3 Å². The van der Waals surface area contributed by atoms with Gasteiger partial charge in [-0.05, 0) is 59.9 Å². The van der Waals surface area contributed by atoms with Gasteiger partial charge in [0.25, 0.3) is 5.91 Å². The number of likely N-dealkylation sites (tertiary alicyclic amines) is 1. The number of aromatic nitrogens is 1. The highest BCUT2D eigenvalue weighted by molar-refractivity contribution is 8.18. The number of thioether (sulfide) groups is 1. The quantitative estimate of drug-likeness (QED) is 0.493. The minimum absolute atomic E-state index is 0.180. The summed E-state index contributed by atoms with van der Waals surface area (Å²) in [6.45, 7) is 4.26. The first kappa shape index (κ1) is 18.9. The summed E-state index contributed by atoms with van der Waals surface area (Å²) >= 11 is 7.33. The van der Waals surface area contributed by atoms with E-state index in [0.29, 0.717) is 16.7 Å². The molecular weight excluding hydrogens is 406 g/mol. The van der Waals surface area contributed by atoms with Crippen LogP contribution in [0.25, 0.3) is 5.57 Å². The van der Waals surface area contributed by atoms with Crippen molar-refractivity contribution in [2.24, 2.45) is 4.99 Å². The van der Waals surface area contributed by atoms with Gasteiger partial charge in [-0.2, -0.15) is 4.99 Å². The number of piperidine rings is 1. The maximum atomic E-state index is 12.6. The Labute approximate surface area is 178 Å². The third-order valence-electron chi connectivity index (χ3n) is 5.94. The minimum atomic E-state index is -0.190. The first-order valence-electron chi connectivity index (χ1n) is 9.67. The molecule has 0 atom stereocenters. The molecule has 1 fully saturated rings. The number of benzene rings is 1. The molecule has 1 aromatic carbocycles. The zero-order valence-corrected chi connectivity index (χ0v) is 17.6. The van der Waals surface area contributed by atoms with Crippen LogP contribution in [0.5, 0.6) is 0 Å². The van der Waals surface area contributed by atoms with Crippen LogP contribution in [0.1, 0.15) is 36.5 Å². The molecule has 3 aliphatic heterocycles. The summed E-state index contributed by atoms with van der Waals surface area (Å²) in [6, 6.07) is 12.1. The molecule has 0 unspecified atom stereocenters. The first-order valence-corrected chi connectivity index (χ1v) is 10.9. The summed E-state index contributed by atoms with van der Waals surface area (Å²) in [5.41, 5.74) is 4.19. The normalized spacial score (nSPS) is 22.1. The van der Waals surface area contributed by atoms with Crippen LogP contribution in [0.3, 0.4) is 0 Å². The number of rotatable bonds is 1. The van der Waals surface area contributed by atoms with Gasteiger partial charge in [0.05, 0.1) is 17.1 Å². The molecule has 5 nitrogen and oxygen atoms in total. The van der Waals surface area contributed by atoms with Crippen molar-refractivity contribution in [3.63, 3.8) is 0 Å². The molecule has 148 valence electrons. The molecular formula is C22H20ClN3O2S. The van der Waals surface area contributed by atoms with E-state index in [1.54, 1.807) is 12.3 Å². The Morgan fingerprint density at radius 1 is 1.21 bits per heavy atom. The molecule has 5 rings (SSSR count). The van der Waals surface area contributed by atoms with E-state index in [1.165, 1.54) is 22.9 Å². The maximum absolute atomic E-state index is 12.6. The summed E-state index contributed by atoms with van der Waals surface area (Å²) < 4.78 is 6.24. The molecule has 2 aromatic rings. The van der Waals surface area contributed by atoms with Gasteiger partial charge in [0, 0.05) is 19.3 Å². The molecule has 1 saturated heterocycles. The molecule has 0 aliphatic carbocycles. The minimum Gasteiger partial charge on any atom is -0.365 e. The number of carbonyl (C=O) groups is 1. The summed E-state index contributed by atoms with van der Waals surface area (Å²) in [5, 5.41) is 1.22. The van der Waals surface area contributed by atoms with Gasteiger partial charge in [0.1, 0.15) is 5.15 Å². The fourth-order valence-electron chi connectivity index (χ4n) is 4.25. The van der Waals surface area contributed by atoms with Crippen molar-refractivity contribution in [1.29, 1.82) is 0 Å². The lowest BCUT2D eigenvalue weighted by Crippen LogP contribution is -2.44. The van der Waals surface area contributed by atoms with Gasteiger partial charge < -0.3 is 9.64 Å². The van der Waals surface area contributed by atoms with Gasteiger partial charge >= 0.3 is 0 Å². The molecule has 4 heterocycles. The fourth-order valence-corrected chi connectivity index (χ4v) is 5.39. The highest BCUT2D eigenvalue weighted by atomic mass is 35.5. The van der Waals surface area contributed by atoms with Gasteiger partial charge in [0.15, 0.2) is 5.17 Å². The fraction of sp³-hybridized carbons (Fsp3) is 0.318.